The fourth-order valence-electron chi connectivity index (χ4n) is 1.37. The first-order chi connectivity index (χ1) is 7.25. The zero-order valence-electron chi connectivity index (χ0n) is 7.98. The second kappa shape index (κ2) is 4.21. The average Bonchev–Trinajstić information content (AvgIpc) is 2.67. The molecular formula is C11H10F2N2. The highest BCUT2D eigenvalue weighted by Crippen LogP contribution is 2.16. The topological polar surface area (TPSA) is 17.8 Å². The molecule has 4 heteroatoms. The van der Waals surface area contributed by atoms with Gasteiger partial charge in [-0.3, -0.25) is 4.68 Å². The van der Waals surface area contributed by atoms with Crippen molar-refractivity contribution in [3.05, 3.63) is 42.6 Å². The van der Waals surface area contributed by atoms with E-state index >= 15 is 0 Å². The SMILES string of the molecule is FC(F)Cn1ccc(-c2ccccc2)n1. The highest BCUT2D eigenvalue weighted by atomic mass is 19.3. The van der Waals surface area contributed by atoms with Gasteiger partial charge in [0, 0.05) is 11.8 Å². The summed E-state index contributed by atoms with van der Waals surface area (Å²) in [4.78, 5) is 0. The maximum absolute atomic E-state index is 12.1. The second-order valence-electron chi connectivity index (χ2n) is 3.18. The third-order valence-electron chi connectivity index (χ3n) is 2.04. The fraction of sp³-hybridized carbons (Fsp3) is 0.182. The van der Waals surface area contributed by atoms with Crippen molar-refractivity contribution in [2.45, 2.75) is 13.0 Å². The van der Waals surface area contributed by atoms with Gasteiger partial charge in [-0.15, -0.1) is 0 Å². The Morgan fingerprint density at radius 3 is 2.53 bits per heavy atom. The molecule has 0 unspecified atom stereocenters. The lowest BCUT2D eigenvalue weighted by Crippen LogP contribution is -2.06. The van der Waals surface area contributed by atoms with Crippen molar-refractivity contribution in [2.75, 3.05) is 0 Å². The van der Waals surface area contributed by atoms with Crippen LogP contribution in [0.1, 0.15) is 0 Å². The van der Waals surface area contributed by atoms with Crippen LogP contribution in [0.5, 0.6) is 0 Å². The van der Waals surface area contributed by atoms with Gasteiger partial charge in [-0.2, -0.15) is 5.10 Å². The number of hydrogen-bond acceptors (Lipinski definition) is 1. The van der Waals surface area contributed by atoms with Gasteiger partial charge < -0.3 is 0 Å². The number of aromatic nitrogens is 2. The van der Waals surface area contributed by atoms with Crippen LogP contribution in [-0.2, 0) is 6.54 Å². The molecule has 0 spiro atoms. The standard InChI is InChI=1S/C11H10F2N2/c12-11(13)8-15-7-6-10(14-15)9-4-2-1-3-5-9/h1-7,11H,8H2. The molecule has 0 saturated heterocycles. The highest BCUT2D eigenvalue weighted by molar-refractivity contribution is 5.57. The Hall–Kier alpha value is -1.71. The lowest BCUT2D eigenvalue weighted by Gasteiger charge is -1.99. The van der Waals surface area contributed by atoms with Crippen LogP contribution in [0, 0.1) is 0 Å². The molecule has 0 aliphatic carbocycles. The lowest BCUT2D eigenvalue weighted by atomic mass is 10.2. The van der Waals surface area contributed by atoms with Crippen molar-refractivity contribution in [3.8, 4) is 11.3 Å². The Balaban J connectivity index is 2.21. The average molecular weight is 208 g/mol. The molecule has 0 bridgehead atoms. The van der Waals surface area contributed by atoms with Crippen LogP contribution in [0.3, 0.4) is 0 Å². The molecule has 0 radical (unpaired) electrons. The van der Waals surface area contributed by atoms with E-state index in [0.717, 1.165) is 11.3 Å². The van der Waals surface area contributed by atoms with Crippen LogP contribution in [0.15, 0.2) is 42.6 Å². The van der Waals surface area contributed by atoms with Crippen LogP contribution in [-0.4, -0.2) is 16.2 Å². The molecule has 0 atom stereocenters. The monoisotopic (exact) mass is 208 g/mol. The van der Waals surface area contributed by atoms with E-state index < -0.39 is 6.43 Å². The van der Waals surface area contributed by atoms with Crippen LogP contribution >= 0.6 is 0 Å². The minimum absolute atomic E-state index is 0.354. The first kappa shape index (κ1) is 9.83. The van der Waals surface area contributed by atoms with Gasteiger partial charge in [-0.25, -0.2) is 8.78 Å². The molecule has 78 valence electrons. The summed E-state index contributed by atoms with van der Waals surface area (Å²) in [5.41, 5.74) is 1.65. The van der Waals surface area contributed by atoms with Gasteiger partial charge in [-0.05, 0) is 6.07 Å². The van der Waals surface area contributed by atoms with Crippen molar-refractivity contribution < 1.29 is 8.78 Å². The Morgan fingerprint density at radius 2 is 1.87 bits per heavy atom. The van der Waals surface area contributed by atoms with Gasteiger partial charge in [0.05, 0.1) is 5.69 Å². The molecular weight excluding hydrogens is 198 g/mol. The Morgan fingerprint density at radius 1 is 1.13 bits per heavy atom. The van der Waals surface area contributed by atoms with Gasteiger partial charge in [0.1, 0.15) is 6.54 Å². The Labute approximate surface area is 86.2 Å². The first-order valence-corrected chi connectivity index (χ1v) is 4.63. The number of rotatable bonds is 3. The number of benzene rings is 1. The van der Waals surface area contributed by atoms with E-state index in [-0.39, 0.29) is 6.54 Å². The van der Waals surface area contributed by atoms with E-state index in [1.165, 1.54) is 4.68 Å². The predicted octanol–water partition coefficient (Wildman–Crippen LogP) is 2.82. The van der Waals surface area contributed by atoms with Crippen molar-refractivity contribution in [1.82, 2.24) is 9.78 Å². The van der Waals surface area contributed by atoms with Gasteiger partial charge >= 0.3 is 0 Å². The number of alkyl halides is 2. The van der Waals surface area contributed by atoms with Crippen LogP contribution in [0.4, 0.5) is 8.78 Å². The minimum atomic E-state index is -2.37. The third kappa shape index (κ3) is 2.40. The minimum Gasteiger partial charge on any atom is -0.266 e. The molecule has 2 aromatic rings. The zero-order valence-corrected chi connectivity index (χ0v) is 7.98. The maximum Gasteiger partial charge on any atom is 0.257 e. The fourth-order valence-corrected chi connectivity index (χ4v) is 1.37. The van der Waals surface area contributed by atoms with E-state index in [2.05, 4.69) is 5.10 Å². The molecule has 0 fully saturated rings. The van der Waals surface area contributed by atoms with E-state index in [4.69, 9.17) is 0 Å². The van der Waals surface area contributed by atoms with Crippen molar-refractivity contribution in [2.24, 2.45) is 0 Å². The normalized spacial score (nSPS) is 10.9. The van der Waals surface area contributed by atoms with Gasteiger partial charge in [0.15, 0.2) is 0 Å². The summed E-state index contributed by atoms with van der Waals surface area (Å²) in [6, 6.07) is 11.2. The molecule has 0 amide bonds. The molecule has 1 aromatic heterocycles. The molecule has 2 nitrogen and oxygen atoms in total. The van der Waals surface area contributed by atoms with E-state index in [1.807, 2.05) is 30.3 Å². The van der Waals surface area contributed by atoms with Gasteiger partial charge in [0.25, 0.3) is 6.43 Å². The molecule has 0 N–H and O–H groups in total. The number of hydrogen-bond donors (Lipinski definition) is 0. The summed E-state index contributed by atoms with van der Waals surface area (Å²) in [6.45, 7) is -0.354. The van der Waals surface area contributed by atoms with E-state index in [0.29, 0.717) is 0 Å². The molecule has 0 aliphatic rings. The van der Waals surface area contributed by atoms with Crippen LogP contribution in [0.25, 0.3) is 11.3 Å². The van der Waals surface area contributed by atoms with Crippen LogP contribution < -0.4 is 0 Å². The van der Waals surface area contributed by atoms with Crippen molar-refractivity contribution in [3.63, 3.8) is 0 Å². The summed E-state index contributed by atoms with van der Waals surface area (Å²) in [7, 11) is 0. The first-order valence-electron chi connectivity index (χ1n) is 4.63. The molecule has 2 rings (SSSR count). The molecule has 15 heavy (non-hydrogen) atoms. The van der Waals surface area contributed by atoms with E-state index in [9.17, 15) is 8.78 Å². The molecule has 0 saturated carbocycles. The zero-order chi connectivity index (χ0) is 10.7. The largest absolute Gasteiger partial charge is 0.266 e. The summed E-state index contributed by atoms with van der Waals surface area (Å²) in [6.07, 6.45) is -0.803. The second-order valence-corrected chi connectivity index (χ2v) is 3.18. The third-order valence-corrected chi connectivity index (χ3v) is 2.04. The van der Waals surface area contributed by atoms with Crippen molar-refractivity contribution in [1.29, 1.82) is 0 Å². The molecule has 1 heterocycles. The molecule has 1 aromatic carbocycles. The Bertz CT molecular complexity index is 423. The van der Waals surface area contributed by atoms with Crippen LogP contribution in [0.2, 0.25) is 0 Å². The smallest absolute Gasteiger partial charge is 0.257 e. The number of nitrogens with zero attached hydrogens (tertiary/aromatic N) is 2. The highest BCUT2D eigenvalue weighted by Gasteiger charge is 2.06. The summed E-state index contributed by atoms with van der Waals surface area (Å²) in [5, 5.41) is 4.06. The quantitative estimate of drug-likeness (QED) is 0.758. The maximum atomic E-state index is 12.1. The summed E-state index contributed by atoms with van der Waals surface area (Å²) >= 11 is 0. The van der Waals surface area contributed by atoms with Crippen molar-refractivity contribution >= 4 is 0 Å². The van der Waals surface area contributed by atoms with E-state index in [1.54, 1.807) is 12.3 Å². The Kier molecular flexibility index (Phi) is 2.76. The predicted molar refractivity (Wildman–Crippen MR) is 53.7 cm³/mol. The number of halogens is 2. The summed E-state index contributed by atoms with van der Waals surface area (Å²) in [5.74, 6) is 0. The van der Waals surface area contributed by atoms with Gasteiger partial charge in [0.2, 0.25) is 0 Å². The summed E-state index contributed by atoms with van der Waals surface area (Å²) < 4.78 is 25.4. The van der Waals surface area contributed by atoms with Gasteiger partial charge in [-0.1, -0.05) is 30.3 Å². The lowest BCUT2D eigenvalue weighted by molar-refractivity contribution is 0.122. The molecule has 0 aliphatic heterocycles.